The van der Waals surface area contributed by atoms with Gasteiger partial charge in [-0.1, -0.05) is 32.8 Å². The molecule has 4 heteroatoms. The van der Waals surface area contributed by atoms with E-state index in [9.17, 15) is 9.59 Å². The van der Waals surface area contributed by atoms with Crippen LogP contribution in [0.3, 0.4) is 0 Å². The number of imide groups is 1. The van der Waals surface area contributed by atoms with Crippen molar-refractivity contribution in [2.75, 3.05) is 13.1 Å². The molecule has 0 aliphatic rings. The summed E-state index contributed by atoms with van der Waals surface area (Å²) in [6.07, 6.45) is 5.25. The topological polar surface area (TPSA) is 63.4 Å². The van der Waals surface area contributed by atoms with Crippen LogP contribution in [0.25, 0.3) is 0 Å². The third-order valence-corrected chi connectivity index (χ3v) is 2.15. The lowest BCUT2D eigenvalue weighted by atomic mass is 10.2. The average molecular weight is 212 g/mol. The van der Waals surface area contributed by atoms with Crippen molar-refractivity contribution >= 4 is 11.8 Å². The highest BCUT2D eigenvalue weighted by Crippen LogP contribution is 2.02. The number of nitrogens with zero attached hydrogens (tertiary/aromatic N) is 1. The lowest BCUT2D eigenvalue weighted by Gasteiger charge is -2.18. The molecular weight excluding hydrogens is 192 g/mol. The molecule has 0 heterocycles. The van der Waals surface area contributed by atoms with E-state index in [0.29, 0.717) is 6.54 Å². The molecule has 0 aliphatic heterocycles. The van der Waals surface area contributed by atoms with Gasteiger partial charge in [0.2, 0.25) is 5.91 Å². The van der Waals surface area contributed by atoms with Gasteiger partial charge in [-0.25, -0.2) is 0 Å². The molecule has 0 aromatic carbocycles. The highest BCUT2D eigenvalue weighted by molar-refractivity contribution is 6.01. The van der Waals surface area contributed by atoms with Crippen LogP contribution in [0.5, 0.6) is 0 Å². The van der Waals surface area contributed by atoms with E-state index in [1.54, 1.807) is 0 Å². The third-order valence-electron chi connectivity index (χ3n) is 2.15. The van der Waals surface area contributed by atoms with Crippen molar-refractivity contribution < 1.29 is 9.59 Å². The summed E-state index contributed by atoms with van der Waals surface area (Å²) in [5, 5.41) is 0. The standard InChI is InChI=1S/C11H20N2O2/c1-3-5-6-7-8-13(10(14)4-2)11(15)9-12/h4H,2-3,5-9,12H2,1H3. The molecule has 0 aliphatic carbocycles. The quantitative estimate of drug-likeness (QED) is 0.507. The molecule has 0 saturated heterocycles. The lowest BCUT2D eigenvalue weighted by molar-refractivity contribution is -0.141. The highest BCUT2D eigenvalue weighted by atomic mass is 16.2. The molecule has 0 aromatic heterocycles. The van der Waals surface area contributed by atoms with Crippen LogP contribution < -0.4 is 5.73 Å². The van der Waals surface area contributed by atoms with Gasteiger partial charge in [0.15, 0.2) is 0 Å². The number of hydrogen-bond donors (Lipinski definition) is 1. The number of carbonyl (C=O) groups is 2. The smallest absolute Gasteiger partial charge is 0.252 e. The molecule has 0 saturated carbocycles. The SMILES string of the molecule is C=CC(=O)N(CCCCCC)C(=O)CN. The molecule has 0 spiro atoms. The Morgan fingerprint density at radius 1 is 1.33 bits per heavy atom. The molecule has 0 bridgehead atoms. The van der Waals surface area contributed by atoms with Crippen molar-refractivity contribution in [1.29, 1.82) is 0 Å². The van der Waals surface area contributed by atoms with Crippen LogP contribution in [0.1, 0.15) is 32.6 Å². The first-order valence-corrected chi connectivity index (χ1v) is 5.34. The van der Waals surface area contributed by atoms with Crippen LogP contribution in [0.4, 0.5) is 0 Å². The Balaban J connectivity index is 4.08. The molecule has 0 unspecified atom stereocenters. The normalized spacial score (nSPS) is 9.73. The van der Waals surface area contributed by atoms with Crippen LogP contribution in [0, 0.1) is 0 Å². The van der Waals surface area contributed by atoms with Gasteiger partial charge in [-0.3, -0.25) is 14.5 Å². The summed E-state index contributed by atoms with van der Waals surface area (Å²) in [7, 11) is 0. The number of nitrogens with two attached hydrogens (primary N) is 1. The number of unbranched alkanes of at least 4 members (excludes halogenated alkanes) is 3. The van der Waals surface area contributed by atoms with E-state index in [4.69, 9.17) is 5.73 Å². The predicted octanol–water partition coefficient (Wildman–Crippen LogP) is 1.07. The zero-order valence-corrected chi connectivity index (χ0v) is 9.37. The van der Waals surface area contributed by atoms with Gasteiger partial charge in [0.25, 0.3) is 5.91 Å². The Kier molecular flexibility index (Phi) is 7.54. The summed E-state index contributed by atoms with van der Waals surface area (Å²) in [6.45, 7) is 5.78. The minimum Gasteiger partial charge on any atom is -0.322 e. The second-order valence-corrected chi connectivity index (χ2v) is 3.35. The van der Waals surface area contributed by atoms with E-state index in [1.165, 1.54) is 4.90 Å². The van der Waals surface area contributed by atoms with Gasteiger partial charge in [0.05, 0.1) is 6.54 Å². The van der Waals surface area contributed by atoms with Gasteiger partial charge < -0.3 is 5.73 Å². The maximum atomic E-state index is 11.3. The molecule has 0 aromatic rings. The molecule has 0 rings (SSSR count). The maximum Gasteiger partial charge on any atom is 0.252 e. The second-order valence-electron chi connectivity index (χ2n) is 3.35. The predicted molar refractivity (Wildman–Crippen MR) is 60.1 cm³/mol. The summed E-state index contributed by atoms with van der Waals surface area (Å²) in [5.41, 5.74) is 5.22. The molecule has 15 heavy (non-hydrogen) atoms. The molecule has 2 amide bonds. The first-order valence-electron chi connectivity index (χ1n) is 5.34. The molecule has 0 fully saturated rings. The molecule has 0 radical (unpaired) electrons. The zero-order valence-electron chi connectivity index (χ0n) is 9.37. The maximum absolute atomic E-state index is 11.3. The minimum absolute atomic E-state index is 0.132. The number of rotatable bonds is 7. The van der Waals surface area contributed by atoms with E-state index < -0.39 is 0 Å². The fraction of sp³-hybridized carbons (Fsp3) is 0.636. The van der Waals surface area contributed by atoms with Crippen molar-refractivity contribution in [3.63, 3.8) is 0 Å². The zero-order chi connectivity index (χ0) is 11.7. The first-order chi connectivity index (χ1) is 7.17. The minimum atomic E-state index is -0.359. The fourth-order valence-electron chi connectivity index (χ4n) is 1.27. The van der Waals surface area contributed by atoms with Crippen LogP contribution >= 0.6 is 0 Å². The van der Waals surface area contributed by atoms with Crippen molar-refractivity contribution in [3.8, 4) is 0 Å². The van der Waals surface area contributed by atoms with Gasteiger partial charge in [-0.05, 0) is 12.5 Å². The summed E-state index contributed by atoms with van der Waals surface area (Å²) in [5.74, 6) is -0.696. The number of amides is 2. The summed E-state index contributed by atoms with van der Waals surface area (Å²) < 4.78 is 0. The van der Waals surface area contributed by atoms with Crippen molar-refractivity contribution in [1.82, 2.24) is 4.90 Å². The Hall–Kier alpha value is -1.16. The van der Waals surface area contributed by atoms with Gasteiger partial charge in [0, 0.05) is 6.54 Å². The van der Waals surface area contributed by atoms with E-state index in [2.05, 4.69) is 13.5 Å². The van der Waals surface area contributed by atoms with Crippen LogP contribution in [0.15, 0.2) is 12.7 Å². The van der Waals surface area contributed by atoms with Crippen molar-refractivity contribution in [2.45, 2.75) is 32.6 Å². The van der Waals surface area contributed by atoms with Crippen molar-refractivity contribution in [2.24, 2.45) is 5.73 Å². The number of carbonyl (C=O) groups excluding carboxylic acids is 2. The monoisotopic (exact) mass is 212 g/mol. The average Bonchev–Trinajstić information content (AvgIpc) is 2.27. The molecule has 86 valence electrons. The Morgan fingerprint density at radius 2 is 2.00 bits per heavy atom. The van der Waals surface area contributed by atoms with Crippen LogP contribution in [-0.2, 0) is 9.59 Å². The largest absolute Gasteiger partial charge is 0.322 e. The van der Waals surface area contributed by atoms with E-state index in [-0.39, 0.29) is 18.4 Å². The Labute approximate surface area is 91.1 Å². The summed E-state index contributed by atoms with van der Waals surface area (Å²) in [4.78, 5) is 23.8. The second kappa shape index (κ2) is 8.17. The molecule has 4 nitrogen and oxygen atoms in total. The van der Waals surface area contributed by atoms with Gasteiger partial charge in [-0.15, -0.1) is 0 Å². The van der Waals surface area contributed by atoms with Crippen LogP contribution in [0.2, 0.25) is 0 Å². The van der Waals surface area contributed by atoms with E-state index in [1.807, 2.05) is 0 Å². The third kappa shape index (κ3) is 5.32. The van der Waals surface area contributed by atoms with Gasteiger partial charge >= 0.3 is 0 Å². The first kappa shape index (κ1) is 13.8. The summed E-state index contributed by atoms with van der Waals surface area (Å²) >= 11 is 0. The van der Waals surface area contributed by atoms with E-state index in [0.717, 1.165) is 31.8 Å². The molecule has 2 N–H and O–H groups in total. The molecule has 0 atom stereocenters. The highest BCUT2D eigenvalue weighted by Gasteiger charge is 2.16. The molecular formula is C11H20N2O2. The lowest BCUT2D eigenvalue weighted by Crippen LogP contribution is -2.40. The fourth-order valence-corrected chi connectivity index (χ4v) is 1.27. The Morgan fingerprint density at radius 3 is 2.47 bits per heavy atom. The Bertz CT molecular complexity index is 227. The summed E-state index contributed by atoms with van der Waals surface area (Å²) in [6, 6.07) is 0. The van der Waals surface area contributed by atoms with Crippen LogP contribution in [-0.4, -0.2) is 29.8 Å². The number of hydrogen-bond acceptors (Lipinski definition) is 3. The van der Waals surface area contributed by atoms with Gasteiger partial charge in [-0.2, -0.15) is 0 Å². The van der Waals surface area contributed by atoms with E-state index >= 15 is 0 Å². The van der Waals surface area contributed by atoms with Gasteiger partial charge in [0.1, 0.15) is 0 Å². The van der Waals surface area contributed by atoms with Crippen molar-refractivity contribution in [3.05, 3.63) is 12.7 Å².